The number of esters is 1. The summed E-state index contributed by atoms with van der Waals surface area (Å²) in [7, 11) is 1.54. The van der Waals surface area contributed by atoms with E-state index in [1.54, 1.807) is 31.2 Å². The number of methoxy groups -OCH3 is 1. The Kier molecular flexibility index (Phi) is 6.50. The van der Waals surface area contributed by atoms with E-state index in [-0.39, 0.29) is 35.5 Å². The summed E-state index contributed by atoms with van der Waals surface area (Å²) in [6.07, 6.45) is -3.30. The first kappa shape index (κ1) is 23.6. The highest BCUT2D eigenvalue weighted by atomic mass is 19.4. The molecule has 1 aliphatic carbocycles. The first-order chi connectivity index (χ1) is 16.2. The van der Waals surface area contributed by atoms with E-state index in [0.29, 0.717) is 35.5 Å². The number of hydrogen-bond donors (Lipinski definition) is 1. The number of rotatable bonds is 5. The van der Waals surface area contributed by atoms with Crippen LogP contribution in [0.1, 0.15) is 48.8 Å². The SMILES string of the molecule is COc1ccc(COC(=O)C2=C(C)NC3=C(C(=O)CCC3)C2c2ccccc2C(F)(F)F)cc1. The predicted octanol–water partition coefficient (Wildman–Crippen LogP) is 5.43. The summed E-state index contributed by atoms with van der Waals surface area (Å²) in [5.74, 6) is -1.55. The van der Waals surface area contributed by atoms with E-state index in [1.165, 1.54) is 25.3 Å². The van der Waals surface area contributed by atoms with Gasteiger partial charge in [-0.2, -0.15) is 13.2 Å². The van der Waals surface area contributed by atoms with Crippen LogP contribution < -0.4 is 10.1 Å². The van der Waals surface area contributed by atoms with Gasteiger partial charge in [0.15, 0.2) is 5.78 Å². The van der Waals surface area contributed by atoms with E-state index in [1.807, 2.05) is 0 Å². The summed E-state index contributed by atoms with van der Waals surface area (Å²) in [4.78, 5) is 26.2. The van der Waals surface area contributed by atoms with Crippen LogP contribution >= 0.6 is 0 Å². The molecule has 0 amide bonds. The molecule has 8 heteroatoms. The van der Waals surface area contributed by atoms with Crippen LogP contribution in [0.15, 0.2) is 71.1 Å². The molecule has 2 aliphatic rings. The molecule has 1 N–H and O–H groups in total. The van der Waals surface area contributed by atoms with Crippen LogP contribution in [0.25, 0.3) is 0 Å². The number of hydrogen-bond acceptors (Lipinski definition) is 5. The highest BCUT2D eigenvalue weighted by Crippen LogP contribution is 2.46. The van der Waals surface area contributed by atoms with Gasteiger partial charge in [-0.15, -0.1) is 0 Å². The molecule has 1 atom stereocenters. The molecule has 2 aromatic rings. The van der Waals surface area contributed by atoms with Crippen molar-refractivity contribution in [3.8, 4) is 5.75 Å². The Morgan fingerprint density at radius 2 is 1.79 bits per heavy atom. The highest BCUT2D eigenvalue weighted by molar-refractivity contribution is 6.03. The maximum absolute atomic E-state index is 13.9. The molecule has 1 unspecified atom stereocenters. The van der Waals surface area contributed by atoms with Gasteiger partial charge in [-0.25, -0.2) is 4.79 Å². The average Bonchev–Trinajstić information content (AvgIpc) is 2.81. The lowest BCUT2D eigenvalue weighted by atomic mass is 9.74. The zero-order chi connectivity index (χ0) is 24.5. The topological polar surface area (TPSA) is 64.6 Å². The molecule has 0 bridgehead atoms. The van der Waals surface area contributed by atoms with Crippen LogP contribution in [0.3, 0.4) is 0 Å². The van der Waals surface area contributed by atoms with Crippen molar-refractivity contribution in [2.24, 2.45) is 0 Å². The fourth-order valence-electron chi connectivity index (χ4n) is 4.52. The summed E-state index contributed by atoms with van der Waals surface area (Å²) in [5, 5.41) is 3.09. The third kappa shape index (κ3) is 4.58. The molecule has 0 fully saturated rings. The third-order valence-corrected chi connectivity index (χ3v) is 6.10. The van der Waals surface area contributed by atoms with Crippen LogP contribution in [0.5, 0.6) is 5.75 Å². The normalized spacial score (nSPS) is 18.4. The zero-order valence-corrected chi connectivity index (χ0v) is 18.8. The lowest BCUT2D eigenvalue weighted by Crippen LogP contribution is -2.35. The number of carbonyl (C=O) groups is 2. The lowest BCUT2D eigenvalue weighted by Gasteiger charge is -2.35. The van der Waals surface area contributed by atoms with Gasteiger partial charge in [0.25, 0.3) is 0 Å². The van der Waals surface area contributed by atoms with Gasteiger partial charge in [0.05, 0.1) is 18.2 Å². The third-order valence-electron chi connectivity index (χ3n) is 6.10. The van der Waals surface area contributed by atoms with Crippen LogP contribution in [0.2, 0.25) is 0 Å². The second-order valence-electron chi connectivity index (χ2n) is 8.27. The standard InChI is InChI=1S/C26H24F3NO4/c1-15-22(25(32)34-14-16-10-12-17(33-2)13-11-16)23(24-20(30-15)8-5-9-21(24)31)18-6-3-4-7-19(18)26(27,28)29/h3-4,6-7,10-13,23,30H,5,8-9,14H2,1-2H3. The fraction of sp³-hybridized carbons (Fsp3) is 0.308. The van der Waals surface area contributed by atoms with Gasteiger partial charge in [-0.05, 0) is 49.1 Å². The Morgan fingerprint density at radius 3 is 2.47 bits per heavy atom. The molecular weight excluding hydrogens is 447 g/mol. The Morgan fingerprint density at radius 1 is 1.09 bits per heavy atom. The number of nitrogens with one attached hydrogen (secondary N) is 1. The fourth-order valence-corrected chi connectivity index (χ4v) is 4.52. The van der Waals surface area contributed by atoms with Crippen LogP contribution in [-0.2, 0) is 27.1 Å². The van der Waals surface area contributed by atoms with Gasteiger partial charge >= 0.3 is 12.1 Å². The van der Waals surface area contributed by atoms with Gasteiger partial charge in [-0.1, -0.05) is 30.3 Å². The van der Waals surface area contributed by atoms with E-state index in [2.05, 4.69) is 5.32 Å². The predicted molar refractivity (Wildman–Crippen MR) is 119 cm³/mol. The molecule has 2 aromatic carbocycles. The first-order valence-corrected chi connectivity index (χ1v) is 10.9. The van der Waals surface area contributed by atoms with Crippen molar-refractivity contribution >= 4 is 11.8 Å². The number of Topliss-reactive ketones (excluding diaryl/α,β-unsaturated/α-hetero) is 1. The molecule has 0 aromatic heterocycles. The van der Waals surface area contributed by atoms with Gasteiger partial charge in [0.1, 0.15) is 12.4 Å². The number of ketones is 1. The van der Waals surface area contributed by atoms with E-state index >= 15 is 0 Å². The van der Waals surface area contributed by atoms with Crippen molar-refractivity contribution in [3.05, 3.63) is 87.8 Å². The molecule has 34 heavy (non-hydrogen) atoms. The van der Waals surface area contributed by atoms with Crippen molar-refractivity contribution in [2.75, 3.05) is 7.11 Å². The molecule has 1 aliphatic heterocycles. The first-order valence-electron chi connectivity index (χ1n) is 10.9. The molecular formula is C26H24F3NO4. The molecule has 0 spiro atoms. The number of ether oxygens (including phenoxy) is 2. The summed E-state index contributed by atoms with van der Waals surface area (Å²) in [6.45, 7) is 1.54. The van der Waals surface area contributed by atoms with Crippen molar-refractivity contribution in [2.45, 2.75) is 44.9 Å². The van der Waals surface area contributed by atoms with E-state index in [0.717, 1.165) is 6.07 Å². The van der Waals surface area contributed by atoms with Crippen molar-refractivity contribution in [3.63, 3.8) is 0 Å². The Bertz CT molecular complexity index is 1180. The highest BCUT2D eigenvalue weighted by Gasteiger charge is 2.43. The minimum absolute atomic E-state index is 0.0132. The maximum Gasteiger partial charge on any atom is 0.416 e. The summed E-state index contributed by atoms with van der Waals surface area (Å²) >= 11 is 0. The van der Waals surface area contributed by atoms with Gasteiger partial charge in [0.2, 0.25) is 0 Å². The van der Waals surface area contributed by atoms with Gasteiger partial charge in [-0.3, -0.25) is 4.79 Å². The molecule has 4 rings (SSSR count). The van der Waals surface area contributed by atoms with Crippen LogP contribution in [0.4, 0.5) is 13.2 Å². The number of carbonyl (C=O) groups excluding carboxylic acids is 2. The van der Waals surface area contributed by atoms with Gasteiger partial charge in [0, 0.05) is 29.3 Å². The number of allylic oxidation sites excluding steroid dienone is 3. The number of alkyl halides is 3. The summed E-state index contributed by atoms with van der Waals surface area (Å²) < 4.78 is 52.4. The van der Waals surface area contributed by atoms with Crippen molar-refractivity contribution < 1.29 is 32.2 Å². The zero-order valence-electron chi connectivity index (χ0n) is 18.8. The molecule has 0 saturated heterocycles. The van der Waals surface area contributed by atoms with Gasteiger partial charge < -0.3 is 14.8 Å². The largest absolute Gasteiger partial charge is 0.497 e. The Hall–Kier alpha value is -3.55. The lowest BCUT2D eigenvalue weighted by molar-refractivity contribution is -0.142. The molecule has 178 valence electrons. The minimum Gasteiger partial charge on any atom is -0.497 e. The van der Waals surface area contributed by atoms with Crippen LogP contribution in [0, 0.1) is 0 Å². The Labute approximate surface area is 195 Å². The van der Waals surface area contributed by atoms with E-state index in [9.17, 15) is 22.8 Å². The van der Waals surface area contributed by atoms with Crippen LogP contribution in [-0.4, -0.2) is 18.9 Å². The molecule has 1 heterocycles. The van der Waals surface area contributed by atoms with Crippen molar-refractivity contribution in [1.82, 2.24) is 5.32 Å². The molecule has 0 radical (unpaired) electrons. The second-order valence-corrected chi connectivity index (χ2v) is 8.27. The number of halogens is 3. The van der Waals surface area contributed by atoms with Crippen molar-refractivity contribution in [1.29, 1.82) is 0 Å². The number of benzene rings is 2. The maximum atomic E-state index is 13.9. The summed E-state index contributed by atoms with van der Waals surface area (Å²) in [6, 6.07) is 12.0. The minimum atomic E-state index is -4.65. The summed E-state index contributed by atoms with van der Waals surface area (Å²) in [5.41, 5.74) is 0.870. The average molecular weight is 471 g/mol. The molecule has 5 nitrogen and oxygen atoms in total. The van der Waals surface area contributed by atoms with E-state index < -0.39 is 23.6 Å². The second kappa shape index (κ2) is 9.37. The smallest absolute Gasteiger partial charge is 0.416 e. The molecule has 0 saturated carbocycles. The number of dihydropyridines is 1. The Balaban J connectivity index is 1.74. The monoisotopic (exact) mass is 471 g/mol. The quantitative estimate of drug-likeness (QED) is 0.590. The van der Waals surface area contributed by atoms with E-state index in [4.69, 9.17) is 9.47 Å².